The molecule has 2 aromatic carbocycles. The zero-order valence-electron chi connectivity index (χ0n) is 22.4. The van der Waals surface area contributed by atoms with Crippen LogP contribution in [-0.2, 0) is 32.0 Å². The molecule has 0 spiro atoms. The van der Waals surface area contributed by atoms with Crippen LogP contribution in [0.25, 0.3) is 21.8 Å². The summed E-state index contributed by atoms with van der Waals surface area (Å²) in [5.41, 5.74) is 9.07. The van der Waals surface area contributed by atoms with Crippen molar-refractivity contribution in [2.24, 2.45) is 11.7 Å². The molecule has 3 atom stereocenters. The Morgan fingerprint density at radius 3 is 1.85 bits per heavy atom. The molecule has 2 heterocycles. The summed E-state index contributed by atoms with van der Waals surface area (Å²) in [6, 6.07) is 11.9. The summed E-state index contributed by atoms with van der Waals surface area (Å²) < 4.78 is 0. The number of fused-ring (bicyclic) bond motifs is 2. The number of hydrogen-bond acceptors (Lipinski definition) is 5. The highest BCUT2D eigenvalue weighted by Gasteiger charge is 2.29. The summed E-state index contributed by atoms with van der Waals surface area (Å²) in [6.07, 6.45) is 3.62. The summed E-state index contributed by atoms with van der Waals surface area (Å²) in [6.45, 7) is 3.21. The molecule has 0 saturated carbocycles. The second kappa shape index (κ2) is 12.5. The van der Waals surface area contributed by atoms with Crippen LogP contribution in [0.3, 0.4) is 0 Å². The lowest BCUT2D eigenvalue weighted by molar-refractivity contribution is -0.142. The molecule has 40 heavy (non-hydrogen) atoms. The predicted octanol–water partition coefficient (Wildman–Crippen LogP) is 1.59. The number of nitrogens with two attached hydrogens (primary N) is 1. The fourth-order valence-electron chi connectivity index (χ4n) is 4.56. The van der Waals surface area contributed by atoms with Gasteiger partial charge in [0.25, 0.3) is 0 Å². The Morgan fingerprint density at radius 1 is 0.800 bits per heavy atom. The average molecular weight is 547 g/mol. The van der Waals surface area contributed by atoms with E-state index < -0.39 is 41.8 Å². The lowest BCUT2D eigenvalue weighted by atomic mass is 10.0. The van der Waals surface area contributed by atoms with E-state index >= 15 is 0 Å². The number of carboxylic acid groups (broad SMARTS) is 1. The molecule has 4 aromatic rings. The average Bonchev–Trinajstić information content (AvgIpc) is 3.54. The lowest BCUT2D eigenvalue weighted by Crippen LogP contribution is -2.55. The van der Waals surface area contributed by atoms with Gasteiger partial charge in [0.2, 0.25) is 17.7 Å². The Morgan fingerprint density at radius 2 is 1.32 bits per heavy atom. The number of nitrogens with one attached hydrogen (secondary N) is 5. The van der Waals surface area contributed by atoms with E-state index in [0.717, 1.165) is 32.9 Å². The van der Waals surface area contributed by atoms with Crippen LogP contribution in [0.5, 0.6) is 0 Å². The second-order valence-corrected chi connectivity index (χ2v) is 10.1. The summed E-state index contributed by atoms with van der Waals surface area (Å²) >= 11 is 0. The number of amides is 3. The molecule has 8 N–H and O–H groups in total. The Hall–Kier alpha value is -4.64. The first-order valence-electron chi connectivity index (χ1n) is 13.1. The largest absolute Gasteiger partial charge is 0.480 e. The van der Waals surface area contributed by atoms with Crippen molar-refractivity contribution >= 4 is 45.5 Å². The van der Waals surface area contributed by atoms with Crippen molar-refractivity contribution in [2.45, 2.75) is 44.8 Å². The molecule has 0 aliphatic carbocycles. The maximum atomic E-state index is 13.5. The zero-order chi connectivity index (χ0) is 28.8. The molecule has 2 aromatic heterocycles. The number of aliphatic carboxylic acids is 1. The minimum Gasteiger partial charge on any atom is -0.480 e. The van der Waals surface area contributed by atoms with E-state index in [0.29, 0.717) is 0 Å². The van der Waals surface area contributed by atoms with Gasteiger partial charge in [0.1, 0.15) is 12.1 Å². The third-order valence-corrected chi connectivity index (χ3v) is 6.91. The number of carbonyl (C=O) groups excluding carboxylic acids is 3. The normalized spacial score (nSPS) is 13.6. The van der Waals surface area contributed by atoms with Gasteiger partial charge in [0, 0.05) is 47.0 Å². The van der Waals surface area contributed by atoms with E-state index in [9.17, 15) is 24.3 Å². The molecular weight excluding hydrogens is 512 g/mol. The number of benzene rings is 2. The minimum absolute atomic E-state index is 0.0436. The number of para-hydroxylation sites is 2. The van der Waals surface area contributed by atoms with Gasteiger partial charge in [-0.1, -0.05) is 50.2 Å². The summed E-state index contributed by atoms with van der Waals surface area (Å²) in [5, 5.41) is 19.4. The fraction of sp³-hybridized carbons (Fsp3) is 0.310. The summed E-state index contributed by atoms with van der Waals surface area (Å²) in [4.78, 5) is 56.9. The number of aromatic amines is 2. The molecule has 0 radical (unpaired) electrons. The van der Waals surface area contributed by atoms with Crippen LogP contribution in [0.2, 0.25) is 0 Å². The molecule has 0 saturated heterocycles. The van der Waals surface area contributed by atoms with E-state index in [2.05, 4.69) is 25.9 Å². The van der Waals surface area contributed by atoms with E-state index in [1.807, 2.05) is 48.5 Å². The van der Waals surface area contributed by atoms with Crippen molar-refractivity contribution in [1.29, 1.82) is 0 Å². The monoisotopic (exact) mass is 546 g/mol. The topological polar surface area (TPSA) is 182 Å². The first-order chi connectivity index (χ1) is 19.1. The Bertz CT molecular complexity index is 1520. The van der Waals surface area contributed by atoms with Crippen molar-refractivity contribution in [3.8, 4) is 0 Å². The SMILES string of the molecule is CC(C)C(N)C(=O)NCC(=O)NC(Cc1c[nH]c2ccccc12)C(=O)NC(Cc1c[nH]c2ccccc12)C(=O)O. The lowest BCUT2D eigenvalue weighted by Gasteiger charge is -2.22. The van der Waals surface area contributed by atoms with Crippen molar-refractivity contribution in [3.05, 3.63) is 72.1 Å². The molecule has 11 heteroatoms. The van der Waals surface area contributed by atoms with Crippen LogP contribution in [0.1, 0.15) is 25.0 Å². The van der Waals surface area contributed by atoms with Crippen molar-refractivity contribution in [3.63, 3.8) is 0 Å². The van der Waals surface area contributed by atoms with Gasteiger partial charge in [0.15, 0.2) is 0 Å². The standard InChI is InChI=1S/C29H34N6O5/c1-16(2)26(30)28(38)33-15-25(36)34-23(11-17-13-31-21-9-5-3-7-19(17)21)27(37)35-24(29(39)40)12-18-14-32-22-10-6-4-8-20(18)22/h3-10,13-14,16,23-24,26,31-32H,11-12,15,30H2,1-2H3,(H,33,38)(H,34,36)(H,35,37)(H,39,40). The molecule has 3 amide bonds. The quantitative estimate of drug-likeness (QED) is 0.142. The van der Waals surface area contributed by atoms with Gasteiger partial charge in [-0.2, -0.15) is 0 Å². The van der Waals surface area contributed by atoms with Gasteiger partial charge in [-0.3, -0.25) is 14.4 Å². The van der Waals surface area contributed by atoms with Crippen molar-refractivity contribution in [1.82, 2.24) is 25.9 Å². The minimum atomic E-state index is -1.24. The van der Waals surface area contributed by atoms with Crippen LogP contribution in [0, 0.1) is 5.92 Å². The molecule has 0 bridgehead atoms. The summed E-state index contributed by atoms with van der Waals surface area (Å²) in [5.74, 6) is -3.06. The van der Waals surface area contributed by atoms with Gasteiger partial charge >= 0.3 is 5.97 Å². The highest BCUT2D eigenvalue weighted by atomic mass is 16.4. The smallest absolute Gasteiger partial charge is 0.326 e. The number of hydrogen-bond donors (Lipinski definition) is 7. The van der Waals surface area contributed by atoms with Crippen LogP contribution < -0.4 is 21.7 Å². The molecule has 3 unspecified atom stereocenters. The predicted molar refractivity (Wildman–Crippen MR) is 151 cm³/mol. The van der Waals surface area contributed by atoms with Gasteiger partial charge < -0.3 is 36.8 Å². The molecule has 4 rings (SSSR count). The van der Waals surface area contributed by atoms with Crippen LogP contribution in [-0.4, -0.2) is 63.4 Å². The van der Waals surface area contributed by atoms with Crippen molar-refractivity contribution < 1.29 is 24.3 Å². The van der Waals surface area contributed by atoms with Crippen molar-refractivity contribution in [2.75, 3.05) is 6.54 Å². The Balaban J connectivity index is 1.51. The summed E-state index contributed by atoms with van der Waals surface area (Å²) in [7, 11) is 0. The first-order valence-corrected chi connectivity index (χ1v) is 13.1. The number of carbonyl (C=O) groups is 4. The van der Waals surface area contributed by atoms with E-state index in [4.69, 9.17) is 5.73 Å². The number of H-pyrrole nitrogens is 2. The van der Waals surface area contributed by atoms with Gasteiger partial charge in [0.05, 0.1) is 12.6 Å². The molecule has 0 fully saturated rings. The first kappa shape index (κ1) is 28.4. The maximum Gasteiger partial charge on any atom is 0.326 e. The van der Waals surface area contributed by atoms with Gasteiger partial charge in [-0.25, -0.2) is 4.79 Å². The molecule has 0 aliphatic rings. The van der Waals surface area contributed by atoms with E-state index in [1.165, 1.54) is 0 Å². The molecular formula is C29H34N6O5. The number of carboxylic acids is 1. The Kier molecular flexibility index (Phi) is 8.85. The zero-order valence-corrected chi connectivity index (χ0v) is 22.4. The van der Waals surface area contributed by atoms with E-state index in [1.54, 1.807) is 26.2 Å². The van der Waals surface area contributed by atoms with Gasteiger partial charge in [-0.05, 0) is 29.2 Å². The molecule has 0 aliphatic heterocycles. The van der Waals surface area contributed by atoms with Gasteiger partial charge in [-0.15, -0.1) is 0 Å². The highest BCUT2D eigenvalue weighted by molar-refractivity contribution is 5.94. The third kappa shape index (κ3) is 6.67. The number of rotatable bonds is 12. The van der Waals surface area contributed by atoms with Crippen LogP contribution in [0.15, 0.2) is 60.9 Å². The van der Waals surface area contributed by atoms with Crippen LogP contribution in [0.4, 0.5) is 0 Å². The van der Waals surface area contributed by atoms with Crippen LogP contribution >= 0.6 is 0 Å². The number of aromatic nitrogens is 2. The molecule has 210 valence electrons. The Labute approximate surface area is 230 Å². The molecule has 11 nitrogen and oxygen atoms in total. The van der Waals surface area contributed by atoms with E-state index in [-0.39, 0.29) is 25.3 Å². The highest BCUT2D eigenvalue weighted by Crippen LogP contribution is 2.21. The fourth-order valence-corrected chi connectivity index (χ4v) is 4.56. The third-order valence-electron chi connectivity index (χ3n) is 6.91. The second-order valence-electron chi connectivity index (χ2n) is 10.1. The maximum absolute atomic E-state index is 13.5.